The molecular weight excluding hydrogens is 222 g/mol. The number of carbonyl (C=O) groups excluding carboxylic acids is 1. The first kappa shape index (κ1) is 11.8. The molecule has 1 aromatic rings. The molecule has 7 nitrogen and oxygen atoms in total. The molecule has 1 saturated heterocycles. The summed E-state index contributed by atoms with van der Waals surface area (Å²) in [5.41, 5.74) is 6.24. The maximum absolute atomic E-state index is 11.5. The molecule has 0 radical (unpaired) electrons. The van der Waals surface area contributed by atoms with Gasteiger partial charge in [0.05, 0.1) is 24.5 Å². The quantitative estimate of drug-likeness (QED) is 0.810. The average Bonchev–Trinajstić information content (AvgIpc) is 2.98. The third-order valence-electron chi connectivity index (χ3n) is 2.83. The molecule has 1 aliphatic rings. The Labute approximate surface area is 99.5 Å². The summed E-state index contributed by atoms with van der Waals surface area (Å²) in [6.45, 7) is 3.90. The van der Waals surface area contributed by atoms with Crippen LogP contribution in [0.4, 0.5) is 4.79 Å². The first-order valence-electron chi connectivity index (χ1n) is 5.77. The lowest BCUT2D eigenvalue weighted by Crippen LogP contribution is -2.29. The molecule has 1 atom stereocenters. The second kappa shape index (κ2) is 5.13. The van der Waals surface area contributed by atoms with Crippen LogP contribution in [0.5, 0.6) is 0 Å². The summed E-state index contributed by atoms with van der Waals surface area (Å²) in [7, 11) is 0. The Morgan fingerprint density at radius 3 is 3.18 bits per heavy atom. The van der Waals surface area contributed by atoms with E-state index in [9.17, 15) is 4.79 Å². The van der Waals surface area contributed by atoms with Gasteiger partial charge < -0.3 is 15.4 Å². The summed E-state index contributed by atoms with van der Waals surface area (Å²) in [5.74, 6) is 0. The van der Waals surface area contributed by atoms with Crippen LogP contribution in [0.3, 0.4) is 0 Å². The summed E-state index contributed by atoms with van der Waals surface area (Å²) < 4.78 is 6.74. The van der Waals surface area contributed by atoms with E-state index in [1.807, 2.05) is 6.20 Å². The van der Waals surface area contributed by atoms with E-state index in [0.29, 0.717) is 26.2 Å². The van der Waals surface area contributed by atoms with Crippen LogP contribution in [-0.4, -0.2) is 45.7 Å². The van der Waals surface area contributed by atoms with Crippen LogP contribution in [0.1, 0.15) is 25.1 Å². The Balaban J connectivity index is 1.95. The third-order valence-corrected chi connectivity index (χ3v) is 2.83. The number of rotatable bonds is 3. The van der Waals surface area contributed by atoms with E-state index in [0.717, 1.165) is 12.1 Å². The second-order valence-corrected chi connectivity index (χ2v) is 3.98. The van der Waals surface area contributed by atoms with E-state index in [1.54, 1.807) is 16.5 Å². The van der Waals surface area contributed by atoms with E-state index >= 15 is 0 Å². The minimum atomic E-state index is -0.255. The van der Waals surface area contributed by atoms with Gasteiger partial charge in [0, 0.05) is 19.6 Å². The van der Waals surface area contributed by atoms with E-state index in [-0.39, 0.29) is 12.1 Å². The van der Waals surface area contributed by atoms with Gasteiger partial charge in [0.15, 0.2) is 0 Å². The Bertz CT molecular complexity index is 392. The minimum absolute atomic E-state index is 0.173. The van der Waals surface area contributed by atoms with E-state index in [1.165, 1.54) is 0 Å². The fourth-order valence-corrected chi connectivity index (χ4v) is 1.92. The Morgan fingerprint density at radius 1 is 1.71 bits per heavy atom. The topological polar surface area (TPSA) is 86.3 Å². The van der Waals surface area contributed by atoms with Crippen LogP contribution in [0, 0.1) is 0 Å². The van der Waals surface area contributed by atoms with Crippen molar-refractivity contribution in [2.75, 3.05) is 19.7 Å². The molecule has 94 valence electrons. The molecule has 1 amide bonds. The number of hydrogen-bond acceptors (Lipinski definition) is 5. The van der Waals surface area contributed by atoms with Gasteiger partial charge >= 0.3 is 6.09 Å². The largest absolute Gasteiger partial charge is 0.450 e. The van der Waals surface area contributed by atoms with Crippen molar-refractivity contribution in [1.82, 2.24) is 19.9 Å². The zero-order valence-electron chi connectivity index (χ0n) is 9.87. The van der Waals surface area contributed by atoms with Crippen molar-refractivity contribution in [3.05, 3.63) is 11.9 Å². The molecule has 7 heteroatoms. The van der Waals surface area contributed by atoms with Gasteiger partial charge in [-0.3, -0.25) is 0 Å². The molecule has 1 unspecified atom stereocenters. The van der Waals surface area contributed by atoms with Gasteiger partial charge in [0.2, 0.25) is 0 Å². The Morgan fingerprint density at radius 2 is 2.53 bits per heavy atom. The third kappa shape index (κ3) is 2.55. The summed E-state index contributed by atoms with van der Waals surface area (Å²) in [6, 6.07) is 0.173. The van der Waals surface area contributed by atoms with Crippen LogP contribution >= 0.6 is 0 Å². The zero-order valence-corrected chi connectivity index (χ0v) is 9.87. The molecule has 2 rings (SSSR count). The van der Waals surface area contributed by atoms with Gasteiger partial charge in [-0.25, -0.2) is 9.48 Å². The second-order valence-electron chi connectivity index (χ2n) is 3.98. The van der Waals surface area contributed by atoms with E-state index in [4.69, 9.17) is 10.5 Å². The molecule has 0 bridgehead atoms. The summed E-state index contributed by atoms with van der Waals surface area (Å²) in [4.78, 5) is 13.2. The van der Waals surface area contributed by atoms with Gasteiger partial charge in [-0.05, 0) is 13.3 Å². The number of aromatic nitrogens is 3. The number of ether oxygens (including phenoxy) is 1. The highest BCUT2D eigenvalue weighted by molar-refractivity contribution is 5.67. The number of nitrogens with zero attached hydrogens (tertiary/aromatic N) is 4. The lowest BCUT2D eigenvalue weighted by molar-refractivity contribution is 0.114. The van der Waals surface area contributed by atoms with Crippen LogP contribution in [-0.2, 0) is 11.3 Å². The van der Waals surface area contributed by atoms with Crippen molar-refractivity contribution in [3.8, 4) is 0 Å². The summed E-state index contributed by atoms with van der Waals surface area (Å²) in [6.07, 6.45) is 2.44. The normalized spacial score (nSPS) is 19.6. The molecule has 17 heavy (non-hydrogen) atoms. The van der Waals surface area contributed by atoms with Crippen molar-refractivity contribution in [2.24, 2.45) is 5.73 Å². The maximum atomic E-state index is 11.5. The molecule has 0 spiro atoms. The van der Waals surface area contributed by atoms with Crippen LogP contribution in [0.25, 0.3) is 0 Å². The number of carbonyl (C=O) groups is 1. The van der Waals surface area contributed by atoms with Crippen molar-refractivity contribution in [3.63, 3.8) is 0 Å². The molecular formula is C10H17N5O2. The van der Waals surface area contributed by atoms with Crippen LogP contribution < -0.4 is 5.73 Å². The Hall–Kier alpha value is -1.63. The van der Waals surface area contributed by atoms with Crippen LogP contribution in [0.2, 0.25) is 0 Å². The monoisotopic (exact) mass is 239 g/mol. The van der Waals surface area contributed by atoms with Gasteiger partial charge in [-0.1, -0.05) is 5.21 Å². The number of hydrogen-bond donors (Lipinski definition) is 1. The molecule has 2 N–H and O–H groups in total. The lowest BCUT2D eigenvalue weighted by Gasteiger charge is -2.15. The number of likely N-dealkylation sites (tertiary alicyclic amines) is 1. The molecule has 0 aromatic carbocycles. The molecule has 1 fully saturated rings. The van der Waals surface area contributed by atoms with Crippen molar-refractivity contribution < 1.29 is 9.53 Å². The molecule has 0 aliphatic carbocycles. The van der Waals surface area contributed by atoms with Gasteiger partial charge in [0.1, 0.15) is 0 Å². The maximum Gasteiger partial charge on any atom is 0.409 e. The predicted octanol–water partition coefficient (Wildman–Crippen LogP) is 0.140. The van der Waals surface area contributed by atoms with Crippen LogP contribution in [0.15, 0.2) is 6.20 Å². The smallest absolute Gasteiger partial charge is 0.409 e. The van der Waals surface area contributed by atoms with Crippen molar-refractivity contribution in [2.45, 2.75) is 25.9 Å². The lowest BCUT2D eigenvalue weighted by atomic mass is 10.3. The first-order valence-corrected chi connectivity index (χ1v) is 5.77. The van der Waals surface area contributed by atoms with E-state index in [2.05, 4.69) is 10.3 Å². The Kier molecular flexibility index (Phi) is 3.58. The van der Waals surface area contributed by atoms with Gasteiger partial charge in [-0.2, -0.15) is 0 Å². The summed E-state index contributed by atoms with van der Waals surface area (Å²) in [5, 5.41) is 7.96. The standard InChI is InChI=1S/C10H17N5O2/c1-2-17-10(16)14-4-3-9(7-14)15-6-8(5-11)12-13-15/h6,9H,2-5,7,11H2,1H3. The molecule has 2 heterocycles. The predicted molar refractivity (Wildman–Crippen MR) is 60.2 cm³/mol. The van der Waals surface area contributed by atoms with Crippen molar-refractivity contribution >= 4 is 6.09 Å². The fraction of sp³-hybridized carbons (Fsp3) is 0.700. The highest BCUT2D eigenvalue weighted by atomic mass is 16.6. The first-order chi connectivity index (χ1) is 8.24. The fourth-order valence-electron chi connectivity index (χ4n) is 1.92. The highest BCUT2D eigenvalue weighted by Crippen LogP contribution is 2.21. The summed E-state index contributed by atoms with van der Waals surface area (Å²) >= 11 is 0. The van der Waals surface area contributed by atoms with Gasteiger partial charge in [-0.15, -0.1) is 5.10 Å². The van der Waals surface area contributed by atoms with E-state index < -0.39 is 0 Å². The average molecular weight is 239 g/mol. The molecule has 1 aliphatic heterocycles. The minimum Gasteiger partial charge on any atom is -0.450 e. The SMILES string of the molecule is CCOC(=O)N1CCC(n2cc(CN)nn2)C1. The molecule has 1 aromatic heterocycles. The molecule has 0 saturated carbocycles. The number of amides is 1. The van der Waals surface area contributed by atoms with Crippen molar-refractivity contribution in [1.29, 1.82) is 0 Å². The highest BCUT2D eigenvalue weighted by Gasteiger charge is 2.28. The zero-order chi connectivity index (χ0) is 12.3. The van der Waals surface area contributed by atoms with Gasteiger partial charge in [0.25, 0.3) is 0 Å². The number of nitrogens with two attached hydrogens (primary N) is 1.